The largest absolute Gasteiger partial charge is 0.486 e. The Morgan fingerprint density at radius 1 is 1.03 bits per heavy atom. The molecule has 0 amide bonds. The second kappa shape index (κ2) is 8.66. The molecule has 0 radical (unpaired) electrons. The molecule has 0 saturated heterocycles. The molecule has 0 aromatic heterocycles. The van der Waals surface area contributed by atoms with E-state index >= 15 is 0 Å². The minimum Gasteiger partial charge on any atom is -0.486 e. The van der Waals surface area contributed by atoms with Crippen molar-refractivity contribution in [3.05, 3.63) is 88.2 Å². The quantitative estimate of drug-likeness (QED) is 0.390. The monoisotopic (exact) mass is 444 g/mol. The smallest absolute Gasteiger partial charge is 0.309 e. The van der Waals surface area contributed by atoms with Crippen LogP contribution in [0.3, 0.4) is 0 Å². The molecule has 33 heavy (non-hydrogen) atoms. The first-order chi connectivity index (χ1) is 16.0. The highest BCUT2D eigenvalue weighted by Crippen LogP contribution is 2.49. The van der Waals surface area contributed by atoms with Crippen LogP contribution in [-0.4, -0.2) is 12.6 Å². The zero-order chi connectivity index (χ0) is 23.1. The van der Waals surface area contributed by atoms with Gasteiger partial charge < -0.3 is 9.47 Å². The Labute approximate surface area is 194 Å². The van der Waals surface area contributed by atoms with Crippen LogP contribution in [0.2, 0.25) is 0 Å². The van der Waals surface area contributed by atoms with E-state index in [9.17, 15) is 9.18 Å². The van der Waals surface area contributed by atoms with Crippen molar-refractivity contribution >= 4 is 5.97 Å². The molecule has 1 saturated carbocycles. The highest BCUT2D eigenvalue weighted by Gasteiger charge is 2.45. The Morgan fingerprint density at radius 2 is 1.76 bits per heavy atom. The molecule has 2 aliphatic rings. The lowest BCUT2D eigenvalue weighted by molar-refractivity contribution is -0.144. The molecule has 3 nitrogen and oxygen atoms in total. The molecule has 0 heterocycles. The molecule has 0 unspecified atom stereocenters. The fourth-order valence-electron chi connectivity index (χ4n) is 5.30. The summed E-state index contributed by atoms with van der Waals surface area (Å²) in [5.74, 6) is 0.607. The number of rotatable bonds is 6. The van der Waals surface area contributed by atoms with Crippen molar-refractivity contribution in [2.45, 2.75) is 52.1 Å². The summed E-state index contributed by atoms with van der Waals surface area (Å²) in [5, 5.41) is 0. The van der Waals surface area contributed by atoms with Gasteiger partial charge >= 0.3 is 5.97 Å². The Hall–Kier alpha value is -3.14. The molecular weight excluding hydrogens is 415 g/mol. The minimum atomic E-state index is -0.302. The van der Waals surface area contributed by atoms with Gasteiger partial charge in [-0.3, -0.25) is 4.79 Å². The molecular formula is C29H29FO3. The summed E-state index contributed by atoms with van der Waals surface area (Å²) in [5.41, 5.74) is 7.57. The van der Waals surface area contributed by atoms with Gasteiger partial charge in [-0.15, -0.1) is 0 Å². The van der Waals surface area contributed by atoms with Gasteiger partial charge in [0, 0.05) is 5.56 Å². The van der Waals surface area contributed by atoms with Gasteiger partial charge in [0.1, 0.15) is 17.7 Å². The molecule has 5 rings (SSSR count). The molecule has 0 N–H and O–H groups in total. The van der Waals surface area contributed by atoms with E-state index in [1.165, 1.54) is 16.7 Å². The maximum atomic E-state index is 15.0. The van der Waals surface area contributed by atoms with E-state index in [0.717, 1.165) is 41.7 Å². The molecule has 0 aliphatic heterocycles. The van der Waals surface area contributed by atoms with Crippen LogP contribution in [-0.2, 0) is 16.0 Å². The SMILES string of the molecule is CCOC(=O)[C@@H]1C[C@H]1c1ccc(O[C@@H]2CCc3c(-c4c(C)cccc4C)ccc(F)c32)cc1. The predicted molar refractivity (Wildman–Crippen MR) is 127 cm³/mol. The van der Waals surface area contributed by atoms with Gasteiger partial charge in [0.25, 0.3) is 0 Å². The topological polar surface area (TPSA) is 35.5 Å². The van der Waals surface area contributed by atoms with Crippen molar-refractivity contribution in [1.82, 2.24) is 0 Å². The van der Waals surface area contributed by atoms with Crippen LogP contribution in [0.15, 0.2) is 54.6 Å². The first-order valence-electron chi connectivity index (χ1n) is 11.8. The molecule has 3 atom stereocenters. The standard InChI is InChI=1S/C29H29FO3/c1-4-32-29(31)24-16-23(24)19-8-10-20(11-9-19)33-26-15-13-22-21(12-14-25(30)28(22)26)27-17(2)6-5-7-18(27)3/h5-12,14,23-24,26H,4,13,15-16H2,1-3H3/t23-,24+,26+/m0/s1. The Kier molecular flexibility index (Phi) is 5.69. The van der Waals surface area contributed by atoms with Crippen LogP contribution in [0.5, 0.6) is 5.75 Å². The molecule has 3 aromatic carbocycles. The summed E-state index contributed by atoms with van der Waals surface area (Å²) < 4.78 is 26.4. The van der Waals surface area contributed by atoms with Crippen LogP contribution in [0.25, 0.3) is 11.1 Å². The third-order valence-electron chi connectivity index (χ3n) is 7.00. The lowest BCUT2D eigenvalue weighted by Crippen LogP contribution is -2.07. The van der Waals surface area contributed by atoms with Gasteiger partial charge in [-0.25, -0.2) is 4.39 Å². The second-order valence-corrected chi connectivity index (χ2v) is 9.17. The Balaban J connectivity index is 1.36. The lowest BCUT2D eigenvalue weighted by atomic mass is 9.90. The zero-order valence-corrected chi connectivity index (χ0v) is 19.4. The number of esters is 1. The first-order valence-corrected chi connectivity index (χ1v) is 11.8. The van der Waals surface area contributed by atoms with Crippen LogP contribution in [0.4, 0.5) is 4.39 Å². The molecule has 170 valence electrons. The van der Waals surface area contributed by atoms with Crippen LogP contribution < -0.4 is 4.74 Å². The van der Waals surface area contributed by atoms with Crippen molar-refractivity contribution in [3.63, 3.8) is 0 Å². The highest BCUT2D eigenvalue weighted by molar-refractivity contribution is 5.77. The summed E-state index contributed by atoms with van der Waals surface area (Å²) in [7, 11) is 0. The van der Waals surface area contributed by atoms with E-state index in [0.29, 0.717) is 12.2 Å². The van der Waals surface area contributed by atoms with E-state index in [1.54, 1.807) is 6.07 Å². The van der Waals surface area contributed by atoms with Gasteiger partial charge in [-0.1, -0.05) is 36.4 Å². The molecule has 4 heteroatoms. The van der Waals surface area contributed by atoms with Crippen LogP contribution in [0, 0.1) is 25.6 Å². The zero-order valence-electron chi connectivity index (χ0n) is 19.4. The number of aryl methyl sites for hydroxylation is 2. The van der Waals surface area contributed by atoms with E-state index in [-0.39, 0.29) is 29.7 Å². The van der Waals surface area contributed by atoms with E-state index in [2.05, 4.69) is 32.0 Å². The summed E-state index contributed by atoms with van der Waals surface area (Å²) in [4.78, 5) is 11.9. The number of benzene rings is 3. The van der Waals surface area contributed by atoms with E-state index < -0.39 is 0 Å². The molecule has 0 spiro atoms. The average Bonchev–Trinajstić information content (AvgIpc) is 3.49. The first kappa shape index (κ1) is 21.7. The normalized spacial score (nSPS) is 20.9. The van der Waals surface area contributed by atoms with Gasteiger partial charge in [0.15, 0.2) is 0 Å². The fourth-order valence-corrected chi connectivity index (χ4v) is 5.30. The van der Waals surface area contributed by atoms with Crippen molar-refractivity contribution in [2.75, 3.05) is 6.61 Å². The fraction of sp³-hybridized carbons (Fsp3) is 0.345. The van der Waals surface area contributed by atoms with Crippen molar-refractivity contribution in [2.24, 2.45) is 5.92 Å². The number of ether oxygens (including phenoxy) is 2. The molecule has 2 aliphatic carbocycles. The lowest BCUT2D eigenvalue weighted by Gasteiger charge is -2.18. The van der Waals surface area contributed by atoms with Crippen molar-refractivity contribution < 1.29 is 18.7 Å². The number of carbonyl (C=O) groups is 1. The van der Waals surface area contributed by atoms with E-state index in [1.807, 2.05) is 37.3 Å². The van der Waals surface area contributed by atoms with Gasteiger partial charge in [-0.05, 0) is 97.5 Å². The van der Waals surface area contributed by atoms with Crippen LogP contribution in [0.1, 0.15) is 59.6 Å². The Bertz CT molecular complexity index is 1180. The average molecular weight is 445 g/mol. The Morgan fingerprint density at radius 3 is 2.45 bits per heavy atom. The number of fused-ring (bicyclic) bond motifs is 1. The van der Waals surface area contributed by atoms with Gasteiger partial charge in [0.05, 0.1) is 12.5 Å². The van der Waals surface area contributed by atoms with Crippen LogP contribution >= 0.6 is 0 Å². The predicted octanol–water partition coefficient (Wildman–Crippen LogP) is 6.84. The molecule has 0 bridgehead atoms. The number of hydrogen-bond donors (Lipinski definition) is 0. The minimum absolute atomic E-state index is 0.0316. The van der Waals surface area contributed by atoms with Crippen molar-refractivity contribution in [1.29, 1.82) is 0 Å². The number of carbonyl (C=O) groups excluding carboxylic acids is 1. The highest BCUT2D eigenvalue weighted by atomic mass is 19.1. The third-order valence-corrected chi connectivity index (χ3v) is 7.00. The van der Waals surface area contributed by atoms with Gasteiger partial charge in [0.2, 0.25) is 0 Å². The molecule has 3 aromatic rings. The third kappa shape index (κ3) is 4.03. The summed E-state index contributed by atoms with van der Waals surface area (Å²) in [6.45, 7) is 6.46. The number of halogens is 1. The van der Waals surface area contributed by atoms with E-state index in [4.69, 9.17) is 9.47 Å². The maximum Gasteiger partial charge on any atom is 0.309 e. The molecule has 1 fully saturated rings. The summed E-state index contributed by atoms with van der Waals surface area (Å²) in [6, 6.07) is 17.6. The van der Waals surface area contributed by atoms with Gasteiger partial charge in [-0.2, -0.15) is 0 Å². The number of hydrogen-bond acceptors (Lipinski definition) is 3. The second-order valence-electron chi connectivity index (χ2n) is 9.17. The van der Waals surface area contributed by atoms with Crippen molar-refractivity contribution in [3.8, 4) is 16.9 Å². The summed E-state index contributed by atoms with van der Waals surface area (Å²) >= 11 is 0. The maximum absolute atomic E-state index is 15.0. The summed E-state index contributed by atoms with van der Waals surface area (Å²) in [6.07, 6.45) is 2.08.